The van der Waals surface area contributed by atoms with E-state index in [1.807, 2.05) is 11.6 Å². The highest BCUT2D eigenvalue weighted by Crippen LogP contribution is 2.27. The Hall–Kier alpha value is -2.96. The summed E-state index contributed by atoms with van der Waals surface area (Å²) in [5, 5.41) is 18.2. The normalized spacial score (nSPS) is 13.2. The molecule has 2 aromatic heterocycles. The Morgan fingerprint density at radius 3 is 2.96 bits per heavy atom. The van der Waals surface area contributed by atoms with Gasteiger partial charge >= 0.3 is 0 Å². The van der Waals surface area contributed by atoms with Crippen LogP contribution in [0.4, 0.5) is 4.39 Å². The first-order chi connectivity index (χ1) is 11.5. The average Bonchev–Trinajstić information content (AvgIpc) is 3.24. The number of rotatable bonds is 3. The number of benzene rings is 1. The maximum atomic E-state index is 13.4. The van der Waals surface area contributed by atoms with Crippen LogP contribution in [0.2, 0.25) is 0 Å². The molecule has 24 heavy (non-hydrogen) atoms. The summed E-state index contributed by atoms with van der Waals surface area (Å²) in [6.07, 6.45) is 3.59. The summed E-state index contributed by atoms with van der Waals surface area (Å²) in [5.74, 6) is 0.419. The van der Waals surface area contributed by atoms with E-state index in [0.29, 0.717) is 11.4 Å². The maximum absolute atomic E-state index is 13.4. The van der Waals surface area contributed by atoms with Crippen molar-refractivity contribution in [3.8, 4) is 17.3 Å². The van der Waals surface area contributed by atoms with E-state index in [1.165, 1.54) is 6.07 Å². The molecule has 3 heterocycles. The standard InChI is InChI=1S/C17H15FN4O2/c1-21-9-10(16(24)12-8-11(18)4-5-14(12)23)7-13(21)17-20-19-15-3-2-6-22(15)17/h4-5,7-9,23H,2-3,6H2,1H3. The van der Waals surface area contributed by atoms with Gasteiger partial charge in [0.05, 0.1) is 11.3 Å². The molecule has 0 fully saturated rings. The summed E-state index contributed by atoms with van der Waals surface area (Å²) in [4.78, 5) is 12.6. The van der Waals surface area contributed by atoms with Gasteiger partial charge in [0.2, 0.25) is 0 Å². The molecule has 1 aliphatic rings. The van der Waals surface area contributed by atoms with E-state index >= 15 is 0 Å². The Morgan fingerprint density at radius 1 is 1.29 bits per heavy atom. The van der Waals surface area contributed by atoms with Gasteiger partial charge in [0.15, 0.2) is 11.6 Å². The summed E-state index contributed by atoms with van der Waals surface area (Å²) < 4.78 is 17.2. The lowest BCUT2D eigenvalue weighted by molar-refractivity contribution is 0.103. The molecule has 3 aromatic rings. The van der Waals surface area contributed by atoms with Crippen molar-refractivity contribution in [3.05, 3.63) is 53.2 Å². The second-order valence-corrected chi connectivity index (χ2v) is 5.91. The van der Waals surface area contributed by atoms with E-state index < -0.39 is 11.6 Å². The second-order valence-electron chi connectivity index (χ2n) is 5.91. The fourth-order valence-corrected chi connectivity index (χ4v) is 3.10. The minimum absolute atomic E-state index is 0.0568. The molecule has 0 amide bonds. The number of aromatic nitrogens is 4. The van der Waals surface area contributed by atoms with Gasteiger partial charge in [0, 0.05) is 31.8 Å². The lowest BCUT2D eigenvalue weighted by atomic mass is 10.0. The fourth-order valence-electron chi connectivity index (χ4n) is 3.10. The number of phenolic OH excluding ortho intramolecular Hbond substituents is 1. The van der Waals surface area contributed by atoms with Crippen molar-refractivity contribution in [2.24, 2.45) is 7.05 Å². The predicted octanol–water partition coefficient (Wildman–Crippen LogP) is 2.31. The molecule has 0 saturated carbocycles. The van der Waals surface area contributed by atoms with Crippen molar-refractivity contribution in [2.45, 2.75) is 19.4 Å². The zero-order chi connectivity index (χ0) is 16.8. The molecule has 0 bridgehead atoms. The number of carbonyl (C=O) groups excluding carboxylic acids is 1. The van der Waals surface area contributed by atoms with Gasteiger partial charge in [-0.05, 0) is 30.7 Å². The molecule has 0 atom stereocenters. The third-order valence-corrected chi connectivity index (χ3v) is 4.31. The number of phenols is 1. The Morgan fingerprint density at radius 2 is 2.12 bits per heavy atom. The van der Waals surface area contributed by atoms with Crippen molar-refractivity contribution in [2.75, 3.05) is 0 Å². The van der Waals surface area contributed by atoms with Crippen LogP contribution in [0.15, 0.2) is 30.5 Å². The molecular formula is C17H15FN4O2. The van der Waals surface area contributed by atoms with E-state index in [-0.39, 0.29) is 11.3 Å². The smallest absolute Gasteiger partial charge is 0.198 e. The SMILES string of the molecule is Cn1cc(C(=O)c2cc(F)ccc2O)cc1-c1nnc2n1CCC2. The number of aryl methyl sites for hydroxylation is 2. The van der Waals surface area contributed by atoms with Crippen LogP contribution in [-0.4, -0.2) is 30.2 Å². The Bertz CT molecular complexity index is 958. The number of hydrogen-bond acceptors (Lipinski definition) is 4. The largest absolute Gasteiger partial charge is 0.507 e. The number of aromatic hydroxyl groups is 1. The molecule has 122 valence electrons. The number of hydrogen-bond donors (Lipinski definition) is 1. The molecule has 0 spiro atoms. The summed E-state index contributed by atoms with van der Waals surface area (Å²) in [6.45, 7) is 0.858. The van der Waals surface area contributed by atoms with Crippen LogP contribution in [0.3, 0.4) is 0 Å². The van der Waals surface area contributed by atoms with Crippen molar-refractivity contribution in [3.63, 3.8) is 0 Å². The van der Waals surface area contributed by atoms with Crippen LogP contribution in [0.25, 0.3) is 11.5 Å². The molecule has 0 aliphatic carbocycles. The van der Waals surface area contributed by atoms with Crippen LogP contribution >= 0.6 is 0 Å². The highest BCUT2D eigenvalue weighted by molar-refractivity contribution is 6.11. The molecule has 4 rings (SSSR count). The molecule has 0 saturated heterocycles. The molecule has 1 aliphatic heterocycles. The van der Waals surface area contributed by atoms with E-state index in [4.69, 9.17) is 0 Å². The lowest BCUT2D eigenvalue weighted by Crippen LogP contribution is -2.01. The van der Waals surface area contributed by atoms with Gasteiger partial charge in [-0.3, -0.25) is 4.79 Å². The fraction of sp³-hybridized carbons (Fsp3) is 0.235. The van der Waals surface area contributed by atoms with Gasteiger partial charge in [-0.1, -0.05) is 0 Å². The van der Waals surface area contributed by atoms with Crippen LogP contribution in [0.1, 0.15) is 28.2 Å². The molecule has 1 aromatic carbocycles. The number of fused-ring (bicyclic) bond motifs is 1. The van der Waals surface area contributed by atoms with E-state index in [2.05, 4.69) is 10.2 Å². The zero-order valence-corrected chi connectivity index (χ0v) is 13.0. The Labute approximate surface area is 137 Å². The van der Waals surface area contributed by atoms with Crippen molar-refractivity contribution >= 4 is 5.78 Å². The molecule has 0 radical (unpaired) electrons. The molecule has 1 N–H and O–H groups in total. The van der Waals surface area contributed by atoms with E-state index in [9.17, 15) is 14.3 Å². The summed E-state index contributed by atoms with van der Waals surface area (Å²) in [5.41, 5.74) is 1.07. The van der Waals surface area contributed by atoms with Crippen LogP contribution in [0.5, 0.6) is 5.75 Å². The van der Waals surface area contributed by atoms with Crippen LogP contribution in [0, 0.1) is 5.82 Å². The minimum Gasteiger partial charge on any atom is -0.507 e. The highest BCUT2D eigenvalue weighted by atomic mass is 19.1. The van der Waals surface area contributed by atoms with Gasteiger partial charge in [0.25, 0.3) is 0 Å². The second kappa shape index (κ2) is 5.30. The first kappa shape index (κ1) is 14.6. The zero-order valence-electron chi connectivity index (χ0n) is 13.0. The Balaban J connectivity index is 1.76. The van der Waals surface area contributed by atoms with Crippen LogP contribution < -0.4 is 0 Å². The first-order valence-corrected chi connectivity index (χ1v) is 7.66. The molecule has 7 heteroatoms. The maximum Gasteiger partial charge on any atom is 0.198 e. The number of carbonyl (C=O) groups is 1. The van der Waals surface area contributed by atoms with Gasteiger partial charge in [-0.25, -0.2) is 4.39 Å². The number of halogens is 1. The van der Waals surface area contributed by atoms with Gasteiger partial charge in [0.1, 0.15) is 17.4 Å². The summed E-state index contributed by atoms with van der Waals surface area (Å²) in [7, 11) is 1.81. The van der Waals surface area contributed by atoms with Crippen molar-refractivity contribution in [1.82, 2.24) is 19.3 Å². The van der Waals surface area contributed by atoms with Gasteiger partial charge < -0.3 is 14.2 Å². The average molecular weight is 326 g/mol. The summed E-state index contributed by atoms with van der Waals surface area (Å²) in [6, 6.07) is 5.03. The predicted molar refractivity (Wildman–Crippen MR) is 84.2 cm³/mol. The monoisotopic (exact) mass is 326 g/mol. The van der Waals surface area contributed by atoms with E-state index in [0.717, 1.165) is 43.0 Å². The van der Waals surface area contributed by atoms with Gasteiger partial charge in [-0.15, -0.1) is 10.2 Å². The third-order valence-electron chi connectivity index (χ3n) is 4.31. The quantitative estimate of drug-likeness (QED) is 0.750. The van der Waals surface area contributed by atoms with Crippen molar-refractivity contribution < 1.29 is 14.3 Å². The van der Waals surface area contributed by atoms with E-state index in [1.54, 1.807) is 16.8 Å². The third kappa shape index (κ3) is 2.20. The molecule has 0 unspecified atom stereocenters. The number of nitrogens with zero attached hydrogens (tertiary/aromatic N) is 4. The first-order valence-electron chi connectivity index (χ1n) is 7.66. The number of ketones is 1. The molecule has 6 nitrogen and oxygen atoms in total. The van der Waals surface area contributed by atoms with Gasteiger partial charge in [-0.2, -0.15) is 0 Å². The lowest BCUT2D eigenvalue weighted by Gasteiger charge is -2.03. The Kier molecular flexibility index (Phi) is 3.23. The van der Waals surface area contributed by atoms with Crippen molar-refractivity contribution in [1.29, 1.82) is 0 Å². The summed E-state index contributed by atoms with van der Waals surface area (Å²) >= 11 is 0. The molecular weight excluding hydrogens is 311 g/mol. The van der Waals surface area contributed by atoms with Crippen LogP contribution in [-0.2, 0) is 20.0 Å². The topological polar surface area (TPSA) is 72.9 Å². The minimum atomic E-state index is -0.567. The highest BCUT2D eigenvalue weighted by Gasteiger charge is 2.23.